The Balaban J connectivity index is 1.62. The second kappa shape index (κ2) is 9.09. The van der Waals surface area contributed by atoms with E-state index in [-0.39, 0.29) is 18.4 Å². The van der Waals surface area contributed by atoms with Crippen LogP contribution in [0.15, 0.2) is 47.0 Å². The van der Waals surface area contributed by atoms with Crippen molar-refractivity contribution in [1.29, 1.82) is 0 Å². The Hall–Kier alpha value is -4.00. The molecule has 7 nitrogen and oxygen atoms in total. The van der Waals surface area contributed by atoms with Crippen LogP contribution in [-0.4, -0.2) is 40.4 Å². The number of carbonyl (C=O) groups is 2. The summed E-state index contributed by atoms with van der Waals surface area (Å²) in [5.41, 5.74) is 7.75. The van der Waals surface area contributed by atoms with Crippen molar-refractivity contribution in [2.24, 2.45) is 0 Å². The fourth-order valence-electron chi connectivity index (χ4n) is 4.18. The van der Waals surface area contributed by atoms with Gasteiger partial charge in [0, 0.05) is 18.3 Å². The molecule has 2 aromatic heterocycles. The van der Waals surface area contributed by atoms with E-state index in [9.17, 15) is 9.59 Å². The van der Waals surface area contributed by atoms with E-state index in [1.807, 2.05) is 64.1 Å². The molecule has 0 spiro atoms. The number of carbonyl (C=O) groups excluding carboxylic acids is 2. The molecule has 0 aliphatic rings. The Kier molecular flexibility index (Phi) is 6.20. The first-order valence-electron chi connectivity index (χ1n) is 11.1. The van der Waals surface area contributed by atoms with Gasteiger partial charge < -0.3 is 14.7 Å². The molecule has 0 aliphatic carbocycles. The van der Waals surface area contributed by atoms with Crippen LogP contribution < -0.4 is 5.32 Å². The Bertz CT molecular complexity index is 1380. The van der Waals surface area contributed by atoms with E-state index in [0.29, 0.717) is 28.1 Å². The van der Waals surface area contributed by atoms with E-state index in [0.717, 1.165) is 33.5 Å². The third-order valence-corrected chi connectivity index (χ3v) is 5.86. The highest BCUT2D eigenvalue weighted by Gasteiger charge is 2.23. The minimum Gasteiger partial charge on any atom is -0.335 e. The molecule has 0 saturated carbocycles. The van der Waals surface area contributed by atoms with Gasteiger partial charge in [-0.3, -0.25) is 9.59 Å². The zero-order valence-electron chi connectivity index (χ0n) is 20.3. The van der Waals surface area contributed by atoms with Gasteiger partial charge in [0.05, 0.1) is 28.9 Å². The van der Waals surface area contributed by atoms with Crippen molar-refractivity contribution < 1.29 is 14.1 Å². The minimum atomic E-state index is -0.306. The molecule has 2 amide bonds. The van der Waals surface area contributed by atoms with Gasteiger partial charge in [-0.25, -0.2) is 4.98 Å². The molecular formula is C27H28N4O3. The summed E-state index contributed by atoms with van der Waals surface area (Å²) in [4.78, 5) is 32.2. The lowest BCUT2D eigenvalue weighted by Crippen LogP contribution is -2.35. The molecule has 0 atom stereocenters. The largest absolute Gasteiger partial charge is 0.335 e. The van der Waals surface area contributed by atoms with Crippen LogP contribution in [0.5, 0.6) is 0 Å². The van der Waals surface area contributed by atoms with E-state index in [1.165, 1.54) is 4.90 Å². The lowest BCUT2D eigenvalue weighted by Gasteiger charge is -2.19. The van der Waals surface area contributed by atoms with Crippen LogP contribution in [0.1, 0.15) is 38.3 Å². The summed E-state index contributed by atoms with van der Waals surface area (Å²) >= 11 is 0. The van der Waals surface area contributed by atoms with Crippen molar-refractivity contribution in [2.75, 3.05) is 18.9 Å². The standard InChI is InChI=1S/C27H28N4O3/c1-15-7-9-20(10-8-15)22-13-21(24-19(5)30-34-26(24)28-22)27(33)31(6)14-23(32)29-25-17(3)11-16(2)12-18(25)4/h7-13H,14H2,1-6H3,(H,29,32). The summed E-state index contributed by atoms with van der Waals surface area (Å²) in [7, 11) is 1.61. The third-order valence-electron chi connectivity index (χ3n) is 5.86. The van der Waals surface area contributed by atoms with Crippen LogP contribution in [0.2, 0.25) is 0 Å². The van der Waals surface area contributed by atoms with Gasteiger partial charge in [0.1, 0.15) is 0 Å². The van der Waals surface area contributed by atoms with Gasteiger partial charge in [0.15, 0.2) is 0 Å². The van der Waals surface area contributed by atoms with Crippen molar-refractivity contribution >= 4 is 28.6 Å². The predicted molar refractivity (Wildman–Crippen MR) is 133 cm³/mol. The fourth-order valence-corrected chi connectivity index (χ4v) is 4.18. The number of anilines is 1. The number of nitrogens with one attached hydrogen (secondary N) is 1. The van der Waals surface area contributed by atoms with Crippen LogP contribution in [-0.2, 0) is 4.79 Å². The van der Waals surface area contributed by atoms with Crippen molar-refractivity contribution in [2.45, 2.75) is 34.6 Å². The summed E-state index contributed by atoms with van der Waals surface area (Å²) in [6.45, 7) is 9.61. The Morgan fingerprint density at radius 2 is 1.59 bits per heavy atom. The molecule has 7 heteroatoms. The molecule has 2 heterocycles. The minimum absolute atomic E-state index is 0.0976. The number of pyridine rings is 1. The molecule has 4 aromatic rings. The van der Waals surface area contributed by atoms with Crippen molar-refractivity contribution in [3.05, 3.63) is 76.0 Å². The lowest BCUT2D eigenvalue weighted by atomic mass is 10.0. The highest BCUT2D eigenvalue weighted by Crippen LogP contribution is 2.28. The SMILES string of the molecule is Cc1ccc(-c2cc(C(=O)N(C)CC(=O)Nc3c(C)cc(C)cc3C)c3c(C)noc3n2)cc1. The molecule has 0 fully saturated rings. The maximum absolute atomic E-state index is 13.5. The van der Waals surface area contributed by atoms with E-state index in [2.05, 4.69) is 15.5 Å². The van der Waals surface area contributed by atoms with Gasteiger partial charge in [-0.15, -0.1) is 0 Å². The maximum Gasteiger partial charge on any atom is 0.259 e. The second-order valence-corrected chi connectivity index (χ2v) is 8.85. The highest BCUT2D eigenvalue weighted by atomic mass is 16.5. The smallest absolute Gasteiger partial charge is 0.259 e. The average molecular weight is 457 g/mol. The summed E-state index contributed by atoms with van der Waals surface area (Å²) in [5.74, 6) is -0.573. The lowest BCUT2D eigenvalue weighted by molar-refractivity contribution is -0.116. The molecule has 0 saturated heterocycles. The van der Waals surface area contributed by atoms with Crippen LogP contribution in [0.3, 0.4) is 0 Å². The molecule has 34 heavy (non-hydrogen) atoms. The van der Waals surface area contributed by atoms with E-state index in [4.69, 9.17) is 4.52 Å². The Morgan fingerprint density at radius 1 is 0.941 bits per heavy atom. The number of aromatic nitrogens is 2. The Labute approximate surface area is 198 Å². The van der Waals surface area contributed by atoms with Crippen molar-refractivity contribution in [1.82, 2.24) is 15.0 Å². The van der Waals surface area contributed by atoms with Gasteiger partial charge in [-0.05, 0) is 51.8 Å². The first-order valence-corrected chi connectivity index (χ1v) is 11.1. The van der Waals surface area contributed by atoms with Gasteiger partial charge >= 0.3 is 0 Å². The number of likely N-dealkylation sites (N-methyl/N-ethyl adjacent to an activating group) is 1. The number of fused-ring (bicyclic) bond motifs is 1. The topological polar surface area (TPSA) is 88.3 Å². The van der Waals surface area contributed by atoms with Gasteiger partial charge in [-0.2, -0.15) is 0 Å². The van der Waals surface area contributed by atoms with E-state index in [1.54, 1.807) is 20.0 Å². The first kappa shape index (κ1) is 23.2. The predicted octanol–water partition coefficient (Wildman–Crippen LogP) is 5.14. The number of hydrogen-bond donors (Lipinski definition) is 1. The fraction of sp³-hybridized carbons (Fsp3) is 0.259. The zero-order chi connectivity index (χ0) is 24.6. The van der Waals surface area contributed by atoms with Crippen molar-refractivity contribution in [3.8, 4) is 11.3 Å². The van der Waals surface area contributed by atoms with Crippen LogP contribution >= 0.6 is 0 Å². The zero-order valence-corrected chi connectivity index (χ0v) is 20.3. The molecule has 1 N–H and O–H groups in total. The first-order chi connectivity index (χ1) is 16.1. The second-order valence-electron chi connectivity index (χ2n) is 8.85. The van der Waals surface area contributed by atoms with Crippen LogP contribution in [0.4, 0.5) is 5.69 Å². The average Bonchev–Trinajstić information content (AvgIpc) is 3.16. The number of aryl methyl sites for hydroxylation is 5. The summed E-state index contributed by atoms with van der Waals surface area (Å²) < 4.78 is 5.39. The van der Waals surface area contributed by atoms with E-state index >= 15 is 0 Å². The molecular weight excluding hydrogens is 428 g/mol. The summed E-state index contributed by atoms with van der Waals surface area (Å²) in [6.07, 6.45) is 0. The van der Waals surface area contributed by atoms with Crippen LogP contribution in [0, 0.1) is 34.6 Å². The molecule has 174 valence electrons. The molecule has 4 rings (SSSR count). The molecule has 0 radical (unpaired) electrons. The highest BCUT2D eigenvalue weighted by molar-refractivity contribution is 6.08. The normalized spacial score (nSPS) is 11.0. The van der Waals surface area contributed by atoms with Gasteiger partial charge in [0.25, 0.3) is 11.6 Å². The quantitative estimate of drug-likeness (QED) is 0.449. The van der Waals surface area contributed by atoms with Crippen LogP contribution in [0.25, 0.3) is 22.4 Å². The number of benzene rings is 2. The number of hydrogen-bond acceptors (Lipinski definition) is 5. The maximum atomic E-state index is 13.5. The molecule has 0 aliphatic heterocycles. The number of nitrogens with zero attached hydrogens (tertiary/aromatic N) is 3. The van der Waals surface area contributed by atoms with E-state index < -0.39 is 0 Å². The van der Waals surface area contributed by atoms with Gasteiger partial charge in [0.2, 0.25) is 5.91 Å². The van der Waals surface area contributed by atoms with Gasteiger partial charge in [-0.1, -0.05) is 52.7 Å². The summed E-state index contributed by atoms with van der Waals surface area (Å²) in [6, 6.07) is 13.6. The monoisotopic (exact) mass is 456 g/mol. The summed E-state index contributed by atoms with van der Waals surface area (Å²) in [5, 5.41) is 7.51. The number of rotatable bonds is 5. The number of amides is 2. The Morgan fingerprint density at radius 3 is 2.24 bits per heavy atom. The molecule has 0 bridgehead atoms. The molecule has 2 aromatic carbocycles. The molecule has 0 unspecified atom stereocenters. The van der Waals surface area contributed by atoms with Crippen molar-refractivity contribution in [3.63, 3.8) is 0 Å². The third kappa shape index (κ3) is 4.55.